The van der Waals surface area contributed by atoms with Crippen LogP contribution in [0.25, 0.3) is 0 Å². The van der Waals surface area contributed by atoms with Crippen molar-refractivity contribution < 1.29 is 19.0 Å². The molecule has 0 spiro atoms. The lowest BCUT2D eigenvalue weighted by Gasteiger charge is -2.27. The minimum atomic E-state index is -0.806. The number of aryl methyl sites for hydroxylation is 1. The number of imidazole rings is 1. The maximum Gasteiger partial charge on any atom is 0.252 e. The summed E-state index contributed by atoms with van der Waals surface area (Å²) >= 11 is 0. The van der Waals surface area contributed by atoms with Crippen LogP contribution in [0.2, 0.25) is 0 Å². The van der Waals surface area contributed by atoms with Crippen LogP contribution in [0.15, 0.2) is 30.6 Å². The lowest BCUT2D eigenvalue weighted by atomic mass is 9.99. The Balaban J connectivity index is 1.97. The van der Waals surface area contributed by atoms with Gasteiger partial charge in [-0.05, 0) is 37.5 Å². The molecule has 0 aliphatic carbocycles. The molecule has 0 radical (unpaired) electrons. The van der Waals surface area contributed by atoms with E-state index >= 15 is 0 Å². The second kappa shape index (κ2) is 7.37. The Bertz CT molecular complexity index is 781. The Hall–Kier alpha value is -2.54. The number of nitrogens with one attached hydrogen (secondary N) is 1. The summed E-state index contributed by atoms with van der Waals surface area (Å²) in [6.45, 7) is 2.44. The number of carbonyl (C=O) groups excluding carboxylic acids is 1. The zero-order valence-corrected chi connectivity index (χ0v) is 15.6. The SMILES string of the molecule is COc1ccc([C@H](NC(=O)[C@@]2(C)CCCO2)c2nccn2C)cc1OC. The van der Waals surface area contributed by atoms with Gasteiger partial charge < -0.3 is 24.1 Å². The molecule has 1 N–H and O–H groups in total. The Morgan fingerprint density at radius 1 is 1.35 bits per heavy atom. The minimum absolute atomic E-state index is 0.141. The molecule has 0 bridgehead atoms. The van der Waals surface area contributed by atoms with Crippen molar-refractivity contribution in [3.05, 3.63) is 42.0 Å². The molecule has 2 atom stereocenters. The van der Waals surface area contributed by atoms with Crippen molar-refractivity contribution in [3.63, 3.8) is 0 Å². The Kier molecular flexibility index (Phi) is 5.18. The predicted octanol–water partition coefficient (Wildman–Crippen LogP) is 2.21. The highest BCUT2D eigenvalue weighted by Gasteiger charge is 2.39. The van der Waals surface area contributed by atoms with E-state index in [-0.39, 0.29) is 5.91 Å². The zero-order chi connectivity index (χ0) is 18.7. The highest BCUT2D eigenvalue weighted by molar-refractivity contribution is 5.85. The Labute approximate surface area is 153 Å². The number of hydrogen-bond donors (Lipinski definition) is 1. The van der Waals surface area contributed by atoms with Crippen LogP contribution in [0.5, 0.6) is 11.5 Å². The number of benzene rings is 1. The van der Waals surface area contributed by atoms with Gasteiger partial charge in [-0.3, -0.25) is 4.79 Å². The van der Waals surface area contributed by atoms with Crippen LogP contribution in [0.3, 0.4) is 0 Å². The number of aromatic nitrogens is 2. The Morgan fingerprint density at radius 3 is 2.69 bits per heavy atom. The highest BCUT2D eigenvalue weighted by atomic mass is 16.5. The molecule has 2 heterocycles. The van der Waals surface area contributed by atoms with Gasteiger partial charge >= 0.3 is 0 Å². The van der Waals surface area contributed by atoms with Gasteiger partial charge in [-0.25, -0.2) is 4.98 Å². The Morgan fingerprint density at radius 2 is 2.12 bits per heavy atom. The topological polar surface area (TPSA) is 74.6 Å². The molecule has 1 aliphatic heterocycles. The number of nitrogens with zero attached hydrogens (tertiary/aromatic N) is 2. The molecule has 1 fully saturated rings. The van der Waals surface area contributed by atoms with E-state index in [4.69, 9.17) is 14.2 Å². The summed E-state index contributed by atoms with van der Waals surface area (Å²) < 4.78 is 18.3. The van der Waals surface area contributed by atoms with E-state index in [0.717, 1.165) is 17.8 Å². The van der Waals surface area contributed by atoms with Crippen LogP contribution in [0.4, 0.5) is 0 Å². The molecule has 1 aromatic heterocycles. The zero-order valence-electron chi connectivity index (χ0n) is 15.6. The van der Waals surface area contributed by atoms with Crippen molar-refractivity contribution in [1.82, 2.24) is 14.9 Å². The van der Waals surface area contributed by atoms with E-state index in [1.165, 1.54) is 0 Å². The summed E-state index contributed by atoms with van der Waals surface area (Å²) in [7, 11) is 5.08. The molecule has 26 heavy (non-hydrogen) atoms. The van der Waals surface area contributed by atoms with Crippen molar-refractivity contribution in [3.8, 4) is 11.5 Å². The fraction of sp³-hybridized carbons (Fsp3) is 0.474. The molecule has 1 saturated heterocycles. The molecular weight excluding hydrogens is 334 g/mol. The first-order chi connectivity index (χ1) is 12.5. The van der Waals surface area contributed by atoms with E-state index in [1.807, 2.05) is 42.9 Å². The van der Waals surface area contributed by atoms with E-state index in [0.29, 0.717) is 24.5 Å². The predicted molar refractivity (Wildman–Crippen MR) is 96.3 cm³/mol. The van der Waals surface area contributed by atoms with E-state index in [1.54, 1.807) is 20.4 Å². The summed E-state index contributed by atoms with van der Waals surface area (Å²) in [6, 6.07) is 5.16. The second-order valence-corrected chi connectivity index (χ2v) is 6.60. The molecule has 7 heteroatoms. The lowest BCUT2D eigenvalue weighted by Crippen LogP contribution is -2.46. The van der Waals surface area contributed by atoms with Gasteiger partial charge in [0.15, 0.2) is 11.5 Å². The monoisotopic (exact) mass is 359 g/mol. The first-order valence-corrected chi connectivity index (χ1v) is 8.62. The summed E-state index contributed by atoms with van der Waals surface area (Å²) in [4.78, 5) is 17.3. The van der Waals surface area contributed by atoms with Crippen LogP contribution in [-0.4, -0.2) is 41.9 Å². The summed E-state index contributed by atoms with van der Waals surface area (Å²) in [5.74, 6) is 1.82. The fourth-order valence-electron chi connectivity index (χ4n) is 3.23. The number of methoxy groups -OCH3 is 2. The standard InChI is InChI=1S/C19H25N3O4/c1-19(8-5-11-26-19)18(23)21-16(17-20-9-10-22(17)2)13-6-7-14(24-3)15(12-13)25-4/h6-7,9-10,12,16H,5,8,11H2,1-4H3,(H,21,23)/t16-,19+/m0/s1. The highest BCUT2D eigenvalue weighted by Crippen LogP contribution is 2.33. The van der Waals surface area contributed by atoms with Crippen LogP contribution < -0.4 is 14.8 Å². The maximum absolute atomic E-state index is 12.9. The van der Waals surface area contributed by atoms with Crippen molar-refractivity contribution >= 4 is 5.91 Å². The molecule has 140 valence electrons. The van der Waals surface area contributed by atoms with Gasteiger partial charge in [0.25, 0.3) is 5.91 Å². The van der Waals surface area contributed by atoms with E-state index < -0.39 is 11.6 Å². The molecule has 0 unspecified atom stereocenters. The van der Waals surface area contributed by atoms with E-state index in [9.17, 15) is 4.79 Å². The van der Waals surface area contributed by atoms with Crippen LogP contribution in [0.1, 0.15) is 37.2 Å². The van der Waals surface area contributed by atoms with Gasteiger partial charge in [0.2, 0.25) is 0 Å². The number of rotatable bonds is 6. The molecule has 0 saturated carbocycles. The van der Waals surface area contributed by atoms with Gasteiger partial charge in [-0.1, -0.05) is 6.07 Å². The first-order valence-electron chi connectivity index (χ1n) is 8.62. The van der Waals surface area contributed by atoms with Crippen LogP contribution in [0, 0.1) is 0 Å². The molecule has 1 aliphatic rings. The number of amides is 1. The fourth-order valence-corrected chi connectivity index (χ4v) is 3.23. The molecule has 1 amide bonds. The molecular formula is C19H25N3O4. The average Bonchev–Trinajstić information content (AvgIpc) is 3.28. The molecule has 2 aromatic rings. The summed E-state index contributed by atoms with van der Waals surface area (Å²) in [5, 5.41) is 3.10. The molecule has 1 aromatic carbocycles. The van der Waals surface area contributed by atoms with Gasteiger partial charge in [0.05, 0.1) is 14.2 Å². The van der Waals surface area contributed by atoms with Gasteiger partial charge in [0.1, 0.15) is 17.5 Å². The normalized spacial score (nSPS) is 20.6. The van der Waals surface area contributed by atoms with Gasteiger partial charge in [-0.2, -0.15) is 0 Å². The largest absolute Gasteiger partial charge is 0.493 e. The molecule has 3 rings (SSSR count). The van der Waals surface area contributed by atoms with Crippen molar-refractivity contribution in [2.75, 3.05) is 20.8 Å². The van der Waals surface area contributed by atoms with Gasteiger partial charge in [0, 0.05) is 26.0 Å². The number of ether oxygens (including phenoxy) is 3. The third-order valence-electron chi connectivity index (χ3n) is 4.83. The third-order valence-corrected chi connectivity index (χ3v) is 4.83. The smallest absolute Gasteiger partial charge is 0.252 e. The van der Waals surface area contributed by atoms with Crippen molar-refractivity contribution in [2.24, 2.45) is 7.05 Å². The number of carbonyl (C=O) groups is 1. The maximum atomic E-state index is 12.9. The molecule has 7 nitrogen and oxygen atoms in total. The van der Waals surface area contributed by atoms with Crippen LogP contribution in [-0.2, 0) is 16.6 Å². The van der Waals surface area contributed by atoms with Crippen LogP contribution >= 0.6 is 0 Å². The summed E-state index contributed by atoms with van der Waals surface area (Å²) in [6.07, 6.45) is 5.15. The third kappa shape index (κ3) is 3.39. The second-order valence-electron chi connectivity index (χ2n) is 6.60. The van der Waals surface area contributed by atoms with E-state index in [2.05, 4.69) is 10.3 Å². The quantitative estimate of drug-likeness (QED) is 0.856. The minimum Gasteiger partial charge on any atom is -0.493 e. The first kappa shape index (κ1) is 18.3. The average molecular weight is 359 g/mol. The lowest BCUT2D eigenvalue weighted by molar-refractivity contribution is -0.140. The van der Waals surface area contributed by atoms with Gasteiger partial charge in [-0.15, -0.1) is 0 Å². The van der Waals surface area contributed by atoms with Crippen molar-refractivity contribution in [2.45, 2.75) is 31.4 Å². The summed E-state index contributed by atoms with van der Waals surface area (Å²) in [5.41, 5.74) is 0.0480. The van der Waals surface area contributed by atoms with Crippen molar-refractivity contribution in [1.29, 1.82) is 0 Å². The number of hydrogen-bond acceptors (Lipinski definition) is 5.